The SMILES string of the molecule is CC(C)=NO.O=C(O)C(=O)O. The van der Waals surface area contributed by atoms with Crippen LogP contribution in [0.1, 0.15) is 13.8 Å². The number of nitrogens with zero attached hydrogens (tertiary/aromatic N) is 1. The zero-order chi connectivity index (χ0) is 9.44. The molecule has 0 aromatic heterocycles. The summed E-state index contributed by atoms with van der Waals surface area (Å²) in [4.78, 5) is 18.2. The van der Waals surface area contributed by atoms with Crippen LogP contribution in [0.5, 0.6) is 0 Å². The van der Waals surface area contributed by atoms with Gasteiger partial charge in [0.25, 0.3) is 0 Å². The third kappa shape index (κ3) is 17.8. The lowest BCUT2D eigenvalue weighted by atomic mass is 10.5. The zero-order valence-corrected chi connectivity index (χ0v) is 6.11. The van der Waals surface area contributed by atoms with Crippen LogP contribution in [0.3, 0.4) is 0 Å². The van der Waals surface area contributed by atoms with E-state index < -0.39 is 11.9 Å². The maximum absolute atomic E-state index is 9.10. The molecule has 0 amide bonds. The van der Waals surface area contributed by atoms with Gasteiger partial charge in [0.2, 0.25) is 0 Å². The summed E-state index contributed by atoms with van der Waals surface area (Å²) in [7, 11) is 0. The van der Waals surface area contributed by atoms with E-state index in [4.69, 9.17) is 25.0 Å². The largest absolute Gasteiger partial charge is 0.473 e. The van der Waals surface area contributed by atoms with Gasteiger partial charge in [-0.25, -0.2) is 9.59 Å². The van der Waals surface area contributed by atoms with E-state index in [9.17, 15) is 0 Å². The molecule has 3 N–H and O–H groups in total. The van der Waals surface area contributed by atoms with Gasteiger partial charge in [-0.2, -0.15) is 0 Å². The topological polar surface area (TPSA) is 107 Å². The maximum Gasteiger partial charge on any atom is 0.414 e. The molecule has 11 heavy (non-hydrogen) atoms. The lowest BCUT2D eigenvalue weighted by Crippen LogP contribution is -2.09. The van der Waals surface area contributed by atoms with E-state index in [1.807, 2.05) is 0 Å². The van der Waals surface area contributed by atoms with Crippen LogP contribution in [0.15, 0.2) is 5.16 Å². The molecule has 0 rings (SSSR count). The molecule has 0 unspecified atom stereocenters. The number of aliphatic carboxylic acids is 2. The molecule has 6 heteroatoms. The van der Waals surface area contributed by atoms with E-state index in [-0.39, 0.29) is 0 Å². The summed E-state index contributed by atoms with van der Waals surface area (Å²) < 4.78 is 0. The molecule has 0 aliphatic heterocycles. The molecule has 0 radical (unpaired) electrons. The van der Waals surface area contributed by atoms with Crippen LogP contribution in [-0.2, 0) is 9.59 Å². The minimum Gasteiger partial charge on any atom is -0.473 e. The Morgan fingerprint density at radius 3 is 1.27 bits per heavy atom. The Labute approximate surface area is 62.8 Å². The van der Waals surface area contributed by atoms with Gasteiger partial charge in [-0.3, -0.25) is 0 Å². The van der Waals surface area contributed by atoms with Crippen molar-refractivity contribution in [2.45, 2.75) is 13.8 Å². The Morgan fingerprint density at radius 2 is 1.27 bits per heavy atom. The van der Waals surface area contributed by atoms with E-state index in [1.54, 1.807) is 13.8 Å². The second-order valence-electron chi connectivity index (χ2n) is 1.66. The monoisotopic (exact) mass is 163 g/mol. The molecule has 0 aromatic rings. The molecule has 0 atom stereocenters. The molecule has 0 bridgehead atoms. The van der Waals surface area contributed by atoms with Crippen LogP contribution in [0.4, 0.5) is 0 Å². The molecule has 0 saturated heterocycles. The second-order valence-corrected chi connectivity index (χ2v) is 1.66. The van der Waals surface area contributed by atoms with Gasteiger partial charge in [0.15, 0.2) is 0 Å². The maximum atomic E-state index is 9.10. The third-order valence-electron chi connectivity index (χ3n) is 0.383. The molecule has 0 spiro atoms. The molecule has 0 saturated carbocycles. The van der Waals surface area contributed by atoms with Crippen LogP contribution in [0.2, 0.25) is 0 Å². The van der Waals surface area contributed by atoms with Gasteiger partial charge in [0.05, 0.1) is 5.71 Å². The van der Waals surface area contributed by atoms with Gasteiger partial charge >= 0.3 is 11.9 Å². The lowest BCUT2D eigenvalue weighted by molar-refractivity contribution is -0.159. The van der Waals surface area contributed by atoms with Gasteiger partial charge in [0.1, 0.15) is 0 Å². The van der Waals surface area contributed by atoms with Gasteiger partial charge < -0.3 is 15.4 Å². The summed E-state index contributed by atoms with van der Waals surface area (Å²) in [5, 5.41) is 25.3. The average molecular weight is 163 g/mol. The number of oxime groups is 1. The fraction of sp³-hybridized carbons (Fsp3) is 0.400. The van der Waals surface area contributed by atoms with E-state index in [0.717, 1.165) is 0 Å². The van der Waals surface area contributed by atoms with E-state index in [0.29, 0.717) is 5.71 Å². The Hall–Kier alpha value is -1.59. The summed E-state index contributed by atoms with van der Waals surface area (Å²) in [6.07, 6.45) is 0. The first-order valence-electron chi connectivity index (χ1n) is 2.53. The number of carbonyl (C=O) groups is 2. The Morgan fingerprint density at radius 1 is 1.09 bits per heavy atom. The highest BCUT2D eigenvalue weighted by Crippen LogP contribution is 1.62. The van der Waals surface area contributed by atoms with Crippen molar-refractivity contribution in [2.75, 3.05) is 0 Å². The van der Waals surface area contributed by atoms with Gasteiger partial charge in [-0.15, -0.1) is 0 Å². The van der Waals surface area contributed by atoms with Crippen LogP contribution < -0.4 is 0 Å². The van der Waals surface area contributed by atoms with Crippen molar-refractivity contribution in [2.24, 2.45) is 5.16 Å². The normalized spacial score (nSPS) is 7.09. The number of carboxylic acids is 2. The van der Waals surface area contributed by atoms with Crippen molar-refractivity contribution in [3.05, 3.63) is 0 Å². The van der Waals surface area contributed by atoms with Crippen LogP contribution >= 0.6 is 0 Å². The minimum absolute atomic E-state index is 0.685. The predicted molar refractivity (Wildman–Crippen MR) is 35.8 cm³/mol. The second kappa shape index (κ2) is 6.53. The van der Waals surface area contributed by atoms with Crippen LogP contribution in [-0.4, -0.2) is 33.1 Å². The molecule has 0 aromatic carbocycles. The highest BCUT2D eigenvalue weighted by molar-refractivity contribution is 6.27. The molecule has 0 heterocycles. The summed E-state index contributed by atoms with van der Waals surface area (Å²) in [6.45, 7) is 3.44. The van der Waals surface area contributed by atoms with Gasteiger partial charge in [-0.05, 0) is 13.8 Å². The smallest absolute Gasteiger partial charge is 0.414 e. The molecule has 0 aliphatic rings. The number of hydrogen-bond donors (Lipinski definition) is 3. The first kappa shape index (κ1) is 12.1. The van der Waals surface area contributed by atoms with Crippen molar-refractivity contribution in [1.29, 1.82) is 0 Å². The molecule has 6 nitrogen and oxygen atoms in total. The van der Waals surface area contributed by atoms with Crippen molar-refractivity contribution in [3.8, 4) is 0 Å². The number of carboxylic acid groups (broad SMARTS) is 2. The first-order chi connectivity index (χ1) is 4.91. The summed E-state index contributed by atoms with van der Waals surface area (Å²) in [5.41, 5.74) is 0.685. The van der Waals surface area contributed by atoms with Gasteiger partial charge in [0, 0.05) is 0 Å². The van der Waals surface area contributed by atoms with Crippen LogP contribution in [0.25, 0.3) is 0 Å². The van der Waals surface area contributed by atoms with Crippen molar-refractivity contribution < 1.29 is 25.0 Å². The first-order valence-corrected chi connectivity index (χ1v) is 2.53. The van der Waals surface area contributed by atoms with Crippen molar-refractivity contribution >= 4 is 17.7 Å². The number of hydrogen-bond acceptors (Lipinski definition) is 4. The van der Waals surface area contributed by atoms with Crippen LogP contribution in [0, 0.1) is 0 Å². The van der Waals surface area contributed by atoms with E-state index in [2.05, 4.69) is 5.16 Å². The van der Waals surface area contributed by atoms with Crippen molar-refractivity contribution in [3.63, 3.8) is 0 Å². The zero-order valence-electron chi connectivity index (χ0n) is 6.11. The minimum atomic E-state index is -1.82. The Balaban J connectivity index is 0. The summed E-state index contributed by atoms with van der Waals surface area (Å²) in [5.74, 6) is -3.65. The standard InChI is InChI=1S/C3H7NO.C2H2O4/c1-3(2)4-5;3-1(4)2(5)6/h5H,1-2H3;(H,3,4)(H,5,6). The quantitative estimate of drug-likeness (QED) is 0.202. The molecular formula is C5H9NO5. The fourth-order valence-electron chi connectivity index (χ4n) is 0. The Kier molecular flexibility index (Phi) is 7.19. The van der Waals surface area contributed by atoms with E-state index >= 15 is 0 Å². The van der Waals surface area contributed by atoms with Gasteiger partial charge in [-0.1, -0.05) is 5.16 Å². The Bertz CT molecular complexity index is 158. The summed E-state index contributed by atoms with van der Waals surface area (Å²) >= 11 is 0. The molecule has 0 aliphatic carbocycles. The highest BCUT2D eigenvalue weighted by atomic mass is 16.4. The molecule has 64 valence electrons. The fourth-order valence-corrected chi connectivity index (χ4v) is 0. The number of rotatable bonds is 0. The summed E-state index contributed by atoms with van der Waals surface area (Å²) in [6, 6.07) is 0. The predicted octanol–water partition coefficient (Wildman–Crippen LogP) is 0.0120. The average Bonchev–Trinajstić information content (AvgIpc) is 1.89. The highest BCUT2D eigenvalue weighted by Gasteiger charge is 2.04. The third-order valence-corrected chi connectivity index (χ3v) is 0.383. The van der Waals surface area contributed by atoms with E-state index in [1.165, 1.54) is 0 Å². The molecular weight excluding hydrogens is 154 g/mol. The lowest BCUT2D eigenvalue weighted by Gasteiger charge is -1.72. The van der Waals surface area contributed by atoms with Crippen molar-refractivity contribution in [1.82, 2.24) is 0 Å². The molecule has 0 fully saturated rings.